The predicted octanol–water partition coefficient (Wildman–Crippen LogP) is 5.17. The SMILES string of the molecule is CN(C)c1ccc2nsc(C(=O)c3cn(-c4ccccc4)c(=S)s3)c2c1. The minimum atomic E-state index is -0.0285. The molecular weight excluding hydrogens is 382 g/mol. The fraction of sp³-hybridized carbons (Fsp3) is 0.105. The van der Waals surface area contributed by atoms with Gasteiger partial charge in [0, 0.05) is 37.1 Å². The van der Waals surface area contributed by atoms with E-state index in [1.54, 1.807) is 0 Å². The van der Waals surface area contributed by atoms with Crippen LogP contribution in [-0.4, -0.2) is 28.8 Å². The number of thiazole rings is 1. The minimum absolute atomic E-state index is 0.0285. The number of rotatable bonds is 4. The summed E-state index contributed by atoms with van der Waals surface area (Å²) >= 11 is 8.04. The van der Waals surface area contributed by atoms with Gasteiger partial charge in [-0.1, -0.05) is 18.2 Å². The Balaban J connectivity index is 1.78. The second kappa shape index (κ2) is 6.75. The molecule has 0 saturated heterocycles. The van der Waals surface area contributed by atoms with Crippen LogP contribution in [0.1, 0.15) is 14.5 Å². The number of anilines is 1. The molecule has 2 heterocycles. The van der Waals surface area contributed by atoms with Crippen molar-refractivity contribution >= 4 is 57.5 Å². The lowest BCUT2D eigenvalue weighted by atomic mass is 10.1. The summed E-state index contributed by atoms with van der Waals surface area (Å²) in [5.74, 6) is -0.0285. The largest absolute Gasteiger partial charge is 0.378 e. The molecule has 2 aromatic heterocycles. The summed E-state index contributed by atoms with van der Waals surface area (Å²) in [6, 6.07) is 15.8. The monoisotopic (exact) mass is 397 g/mol. The number of hydrogen-bond donors (Lipinski definition) is 0. The number of carbonyl (C=O) groups is 1. The van der Waals surface area contributed by atoms with Crippen molar-refractivity contribution in [2.45, 2.75) is 0 Å². The zero-order chi connectivity index (χ0) is 18.3. The quantitative estimate of drug-likeness (QED) is 0.351. The first kappa shape index (κ1) is 17.1. The third kappa shape index (κ3) is 2.98. The van der Waals surface area contributed by atoms with E-state index >= 15 is 0 Å². The van der Waals surface area contributed by atoms with Crippen molar-refractivity contribution in [1.29, 1.82) is 0 Å². The number of ketones is 1. The summed E-state index contributed by atoms with van der Waals surface area (Å²) in [7, 11) is 3.96. The Morgan fingerprint density at radius 1 is 1.15 bits per heavy atom. The highest BCUT2D eigenvalue weighted by Gasteiger charge is 2.19. The maximum atomic E-state index is 13.1. The minimum Gasteiger partial charge on any atom is -0.378 e. The Morgan fingerprint density at radius 3 is 2.65 bits per heavy atom. The maximum absolute atomic E-state index is 13.1. The average molecular weight is 398 g/mol. The van der Waals surface area contributed by atoms with Gasteiger partial charge < -0.3 is 4.90 Å². The second-order valence-corrected chi connectivity index (χ2v) is 8.45. The van der Waals surface area contributed by atoms with Gasteiger partial charge in [-0.3, -0.25) is 9.36 Å². The molecule has 0 amide bonds. The van der Waals surface area contributed by atoms with Crippen LogP contribution in [-0.2, 0) is 0 Å². The molecule has 0 bridgehead atoms. The Kier molecular flexibility index (Phi) is 4.44. The van der Waals surface area contributed by atoms with Gasteiger partial charge in [-0.15, -0.1) is 11.3 Å². The highest BCUT2D eigenvalue weighted by Crippen LogP contribution is 2.30. The number of fused-ring (bicyclic) bond motifs is 1. The van der Waals surface area contributed by atoms with Crippen LogP contribution in [0.2, 0.25) is 0 Å². The van der Waals surface area contributed by atoms with Gasteiger partial charge in [0.2, 0.25) is 5.78 Å². The molecule has 0 aliphatic rings. The fourth-order valence-electron chi connectivity index (χ4n) is 2.70. The summed E-state index contributed by atoms with van der Waals surface area (Å²) in [6.45, 7) is 0. The lowest BCUT2D eigenvalue weighted by Crippen LogP contribution is -2.08. The molecule has 7 heteroatoms. The van der Waals surface area contributed by atoms with E-state index < -0.39 is 0 Å². The Labute approximate surface area is 164 Å². The van der Waals surface area contributed by atoms with Gasteiger partial charge in [-0.05, 0) is 54.1 Å². The molecule has 0 radical (unpaired) electrons. The number of benzene rings is 2. The van der Waals surface area contributed by atoms with E-state index in [0.717, 1.165) is 22.3 Å². The molecule has 0 spiro atoms. The summed E-state index contributed by atoms with van der Waals surface area (Å²) in [4.78, 5) is 16.4. The average Bonchev–Trinajstić information content (AvgIpc) is 3.25. The van der Waals surface area contributed by atoms with Crippen molar-refractivity contribution in [3.63, 3.8) is 0 Å². The van der Waals surface area contributed by atoms with E-state index in [1.165, 1.54) is 22.9 Å². The van der Waals surface area contributed by atoms with E-state index in [0.29, 0.717) is 13.7 Å². The number of hydrogen-bond acceptors (Lipinski definition) is 6. The molecule has 0 N–H and O–H groups in total. The van der Waals surface area contributed by atoms with Crippen LogP contribution in [0.5, 0.6) is 0 Å². The van der Waals surface area contributed by atoms with Crippen molar-refractivity contribution in [3.05, 3.63) is 68.4 Å². The summed E-state index contributed by atoms with van der Waals surface area (Å²) in [5.41, 5.74) is 2.84. The summed E-state index contributed by atoms with van der Waals surface area (Å²) in [5, 5.41) is 0.886. The molecule has 0 fully saturated rings. The molecule has 0 unspecified atom stereocenters. The number of para-hydroxylation sites is 1. The maximum Gasteiger partial charge on any atom is 0.216 e. The Hall–Kier alpha value is -2.35. The van der Waals surface area contributed by atoms with Gasteiger partial charge in [0.05, 0.1) is 10.4 Å². The first-order chi connectivity index (χ1) is 12.5. The molecule has 0 saturated carbocycles. The highest BCUT2D eigenvalue weighted by atomic mass is 32.1. The predicted molar refractivity (Wildman–Crippen MR) is 112 cm³/mol. The van der Waals surface area contributed by atoms with Gasteiger partial charge >= 0.3 is 0 Å². The molecular formula is C19H15N3OS3. The molecule has 130 valence electrons. The van der Waals surface area contributed by atoms with Gasteiger partial charge in [0.25, 0.3) is 0 Å². The Bertz CT molecular complexity index is 1160. The van der Waals surface area contributed by atoms with Crippen molar-refractivity contribution in [1.82, 2.24) is 8.94 Å². The first-order valence-corrected chi connectivity index (χ1v) is 9.94. The van der Waals surface area contributed by atoms with Gasteiger partial charge in [-0.25, -0.2) is 0 Å². The van der Waals surface area contributed by atoms with Crippen LogP contribution in [0.3, 0.4) is 0 Å². The topological polar surface area (TPSA) is 38.1 Å². The van der Waals surface area contributed by atoms with Crippen LogP contribution in [0.25, 0.3) is 16.6 Å². The number of carbonyl (C=O) groups excluding carboxylic acids is 1. The smallest absolute Gasteiger partial charge is 0.216 e. The van der Waals surface area contributed by atoms with Crippen LogP contribution in [0.4, 0.5) is 5.69 Å². The highest BCUT2D eigenvalue weighted by molar-refractivity contribution is 7.73. The molecule has 26 heavy (non-hydrogen) atoms. The number of aromatic nitrogens is 2. The first-order valence-electron chi connectivity index (χ1n) is 7.94. The van der Waals surface area contributed by atoms with Crippen LogP contribution >= 0.6 is 35.1 Å². The molecule has 0 aliphatic heterocycles. The van der Waals surface area contributed by atoms with Gasteiger partial charge in [-0.2, -0.15) is 4.37 Å². The van der Waals surface area contributed by atoms with E-state index in [1.807, 2.05) is 78.3 Å². The third-order valence-electron chi connectivity index (χ3n) is 4.08. The molecule has 4 aromatic rings. The van der Waals surface area contributed by atoms with Gasteiger partial charge in [0.15, 0.2) is 3.95 Å². The van der Waals surface area contributed by atoms with Crippen molar-refractivity contribution in [2.24, 2.45) is 0 Å². The van der Waals surface area contributed by atoms with Crippen molar-refractivity contribution in [3.8, 4) is 5.69 Å². The zero-order valence-corrected chi connectivity index (χ0v) is 16.6. The summed E-state index contributed by atoms with van der Waals surface area (Å²) < 4.78 is 6.96. The third-order valence-corrected chi connectivity index (χ3v) is 6.29. The van der Waals surface area contributed by atoms with E-state index in [-0.39, 0.29) is 5.78 Å². The number of nitrogens with zero attached hydrogens (tertiary/aromatic N) is 3. The van der Waals surface area contributed by atoms with Crippen molar-refractivity contribution in [2.75, 3.05) is 19.0 Å². The van der Waals surface area contributed by atoms with Crippen LogP contribution < -0.4 is 4.90 Å². The zero-order valence-electron chi connectivity index (χ0n) is 14.2. The lowest BCUT2D eigenvalue weighted by Gasteiger charge is -2.11. The second-order valence-electron chi connectivity index (χ2n) is 6.00. The molecule has 4 rings (SSSR count). The molecule has 4 nitrogen and oxygen atoms in total. The summed E-state index contributed by atoms with van der Waals surface area (Å²) in [6.07, 6.45) is 1.83. The Morgan fingerprint density at radius 2 is 1.92 bits per heavy atom. The van der Waals surface area contributed by atoms with E-state index in [4.69, 9.17) is 12.2 Å². The standard InChI is InChI=1S/C19H15N3OS3/c1-21(2)13-8-9-15-14(10-13)18(26-20-15)17(23)16-11-22(19(24)25-16)12-6-4-3-5-7-12/h3-11H,1-2H3. The lowest BCUT2D eigenvalue weighted by molar-refractivity contribution is 0.104. The van der Waals surface area contributed by atoms with E-state index in [9.17, 15) is 4.79 Å². The molecule has 2 aromatic carbocycles. The molecule has 0 atom stereocenters. The normalized spacial score (nSPS) is 11.0. The van der Waals surface area contributed by atoms with Crippen LogP contribution in [0.15, 0.2) is 54.7 Å². The van der Waals surface area contributed by atoms with Gasteiger partial charge in [0.1, 0.15) is 4.88 Å². The molecule has 0 aliphatic carbocycles. The van der Waals surface area contributed by atoms with E-state index in [2.05, 4.69) is 4.37 Å². The van der Waals surface area contributed by atoms with Crippen LogP contribution in [0, 0.1) is 3.95 Å². The van der Waals surface area contributed by atoms with Crippen molar-refractivity contribution < 1.29 is 4.79 Å². The fourth-order valence-corrected chi connectivity index (χ4v) is 4.79.